The highest BCUT2D eigenvalue weighted by molar-refractivity contribution is 5.67. The van der Waals surface area contributed by atoms with Gasteiger partial charge in [-0.25, -0.2) is 9.78 Å². The van der Waals surface area contributed by atoms with Crippen LogP contribution in [0.25, 0.3) is 0 Å². The molecule has 0 atom stereocenters. The lowest BCUT2D eigenvalue weighted by atomic mass is 10.3. The maximum absolute atomic E-state index is 13.5. The molecule has 2 saturated heterocycles. The molecule has 0 radical (unpaired) electrons. The average Bonchev–Trinajstić information content (AvgIpc) is 3.18. The van der Waals surface area contributed by atoms with Crippen molar-refractivity contribution >= 4 is 29.7 Å². The molecule has 0 aromatic carbocycles. The Kier molecular flexibility index (Phi) is 7.78. The van der Waals surface area contributed by atoms with Crippen LogP contribution in [-0.2, 0) is 10.9 Å². The number of piperazine rings is 1. The highest BCUT2D eigenvalue weighted by atomic mass is 19.4. The third-order valence-electron chi connectivity index (χ3n) is 5.80. The molecule has 11 nitrogen and oxygen atoms in total. The second-order valence-corrected chi connectivity index (χ2v) is 8.47. The van der Waals surface area contributed by atoms with Crippen molar-refractivity contribution in [2.75, 3.05) is 75.0 Å². The first-order valence-corrected chi connectivity index (χ1v) is 11.6. The summed E-state index contributed by atoms with van der Waals surface area (Å²) in [7, 11) is 2.04. The quantitative estimate of drug-likeness (QED) is 0.527. The first-order valence-electron chi connectivity index (χ1n) is 11.6. The van der Waals surface area contributed by atoms with E-state index in [0.717, 1.165) is 45.2 Å². The van der Waals surface area contributed by atoms with Gasteiger partial charge in [0.25, 0.3) is 6.01 Å². The third-order valence-corrected chi connectivity index (χ3v) is 5.80. The highest BCUT2D eigenvalue weighted by Crippen LogP contribution is 2.34. The first kappa shape index (κ1) is 24.8. The van der Waals surface area contributed by atoms with E-state index in [1.54, 1.807) is 4.90 Å². The molecule has 2 fully saturated rings. The van der Waals surface area contributed by atoms with E-state index in [0.29, 0.717) is 37.9 Å². The number of nitrogens with one attached hydrogen (secondary N) is 2. The van der Waals surface area contributed by atoms with Crippen molar-refractivity contribution in [2.24, 2.45) is 0 Å². The number of halogens is 3. The number of likely N-dealkylation sites (N-methyl/N-ethyl adjacent to an activating group) is 1. The Bertz CT molecular complexity index is 994. The van der Waals surface area contributed by atoms with Crippen LogP contribution in [0.4, 0.5) is 41.6 Å². The van der Waals surface area contributed by atoms with Gasteiger partial charge in [-0.15, -0.1) is 0 Å². The number of anilines is 4. The maximum atomic E-state index is 13.5. The van der Waals surface area contributed by atoms with Crippen molar-refractivity contribution in [3.8, 4) is 0 Å². The van der Waals surface area contributed by atoms with Gasteiger partial charge in [-0.2, -0.15) is 23.1 Å². The molecule has 35 heavy (non-hydrogen) atoms. The van der Waals surface area contributed by atoms with E-state index in [-0.39, 0.29) is 18.3 Å². The molecule has 2 aromatic rings. The number of nitrogens with zero attached hydrogens (tertiary/aromatic N) is 6. The predicted octanol–water partition coefficient (Wildman–Crippen LogP) is 3.01. The van der Waals surface area contributed by atoms with Crippen LogP contribution in [-0.4, -0.2) is 90.3 Å². The third kappa shape index (κ3) is 6.65. The molecule has 2 aromatic heterocycles. The Balaban J connectivity index is 1.38. The summed E-state index contributed by atoms with van der Waals surface area (Å²) in [6, 6.07) is 0.429. The van der Waals surface area contributed by atoms with Crippen molar-refractivity contribution in [2.45, 2.75) is 25.4 Å². The second-order valence-electron chi connectivity index (χ2n) is 8.47. The smallest absolute Gasteiger partial charge is 0.421 e. The molecule has 2 aliphatic heterocycles. The second kappa shape index (κ2) is 11.0. The summed E-state index contributed by atoms with van der Waals surface area (Å²) in [5.74, 6) is -0.102. The molecule has 2 aliphatic rings. The minimum Gasteiger partial charge on any atom is -0.449 e. The number of rotatable bonds is 8. The van der Waals surface area contributed by atoms with Gasteiger partial charge in [0.1, 0.15) is 17.6 Å². The number of amides is 1. The molecule has 0 bridgehead atoms. The minimum absolute atomic E-state index is 0.0465. The number of carbonyl (C=O) groups excluding carboxylic acids is 1. The molecular formula is C21H29F3N8O3. The van der Waals surface area contributed by atoms with E-state index in [1.165, 1.54) is 6.26 Å². The molecule has 0 spiro atoms. The van der Waals surface area contributed by atoms with Gasteiger partial charge in [-0.3, -0.25) is 0 Å². The lowest BCUT2D eigenvalue weighted by Gasteiger charge is -2.31. The number of aromatic nitrogens is 3. The van der Waals surface area contributed by atoms with Crippen LogP contribution in [0.5, 0.6) is 0 Å². The Morgan fingerprint density at radius 3 is 2.69 bits per heavy atom. The summed E-state index contributed by atoms with van der Waals surface area (Å²) in [6.45, 7) is 4.79. The number of hydrogen-bond acceptors (Lipinski definition) is 10. The van der Waals surface area contributed by atoms with Crippen molar-refractivity contribution in [1.82, 2.24) is 24.8 Å². The first-order chi connectivity index (χ1) is 16.8. The Morgan fingerprint density at radius 1 is 1.11 bits per heavy atom. The largest absolute Gasteiger partial charge is 0.449 e. The molecular weight excluding hydrogens is 469 g/mol. The molecule has 0 aliphatic carbocycles. The summed E-state index contributed by atoms with van der Waals surface area (Å²) in [5, 5.41) is 5.54. The monoisotopic (exact) mass is 498 g/mol. The lowest BCUT2D eigenvalue weighted by Crippen LogP contribution is -2.44. The van der Waals surface area contributed by atoms with Gasteiger partial charge >= 0.3 is 12.3 Å². The zero-order chi connectivity index (χ0) is 24.8. The van der Waals surface area contributed by atoms with Gasteiger partial charge < -0.3 is 34.5 Å². The van der Waals surface area contributed by atoms with Gasteiger partial charge in [-0.05, 0) is 26.3 Å². The van der Waals surface area contributed by atoms with Crippen LogP contribution in [0.1, 0.15) is 24.8 Å². The number of alkyl halides is 3. The fraction of sp³-hybridized carbons (Fsp3) is 0.619. The van der Waals surface area contributed by atoms with E-state index in [9.17, 15) is 18.0 Å². The van der Waals surface area contributed by atoms with E-state index in [4.69, 9.17) is 9.15 Å². The van der Waals surface area contributed by atoms with E-state index < -0.39 is 17.8 Å². The fourth-order valence-electron chi connectivity index (χ4n) is 3.79. The van der Waals surface area contributed by atoms with Gasteiger partial charge in [0.2, 0.25) is 5.95 Å². The van der Waals surface area contributed by atoms with E-state index in [2.05, 4.69) is 30.5 Å². The molecule has 0 unspecified atom stereocenters. The number of oxazole rings is 1. The number of ether oxygens (including phenoxy) is 1. The molecule has 4 rings (SSSR count). The maximum Gasteiger partial charge on any atom is 0.421 e. The van der Waals surface area contributed by atoms with Crippen molar-refractivity contribution < 1.29 is 27.1 Å². The zero-order valence-corrected chi connectivity index (χ0v) is 19.5. The standard InChI is InChI=1S/C21H29F3N8O3/c1-30-8-10-31(11-9-30)19-28-16(14-35-19)27-18-26-13-15(21(22,23)24)17(29-18)25-5-4-7-32-6-2-3-12-34-20(32)33/h13-14H,2-12H2,1H3,(H2,25,26,27,29). The van der Waals surface area contributed by atoms with Crippen LogP contribution in [0.3, 0.4) is 0 Å². The lowest BCUT2D eigenvalue weighted by molar-refractivity contribution is -0.137. The van der Waals surface area contributed by atoms with Crippen molar-refractivity contribution in [3.05, 3.63) is 18.0 Å². The topological polar surface area (TPSA) is 112 Å². The minimum atomic E-state index is -4.63. The number of hydrogen-bond donors (Lipinski definition) is 2. The van der Waals surface area contributed by atoms with Crippen molar-refractivity contribution in [3.63, 3.8) is 0 Å². The summed E-state index contributed by atoms with van der Waals surface area (Å²) < 4.78 is 51.1. The summed E-state index contributed by atoms with van der Waals surface area (Å²) in [6.07, 6.45) is -0.858. The molecule has 0 saturated carbocycles. The molecule has 192 valence electrons. The summed E-state index contributed by atoms with van der Waals surface area (Å²) >= 11 is 0. The number of cyclic esters (lactones) is 1. The van der Waals surface area contributed by atoms with Gasteiger partial charge in [0, 0.05) is 52.0 Å². The van der Waals surface area contributed by atoms with Crippen LogP contribution < -0.4 is 15.5 Å². The normalized spacial score (nSPS) is 17.8. The summed E-state index contributed by atoms with van der Waals surface area (Å²) in [5.41, 5.74) is -0.976. The molecule has 1 amide bonds. The van der Waals surface area contributed by atoms with Crippen LogP contribution in [0.2, 0.25) is 0 Å². The van der Waals surface area contributed by atoms with Gasteiger partial charge in [0.05, 0.1) is 6.61 Å². The van der Waals surface area contributed by atoms with Crippen LogP contribution in [0, 0.1) is 0 Å². The predicted molar refractivity (Wildman–Crippen MR) is 122 cm³/mol. The Labute approximate surface area is 200 Å². The Hall–Kier alpha value is -3.29. The zero-order valence-electron chi connectivity index (χ0n) is 19.5. The Morgan fingerprint density at radius 2 is 1.91 bits per heavy atom. The van der Waals surface area contributed by atoms with Crippen LogP contribution >= 0.6 is 0 Å². The summed E-state index contributed by atoms with van der Waals surface area (Å²) in [4.78, 5) is 29.8. The van der Waals surface area contributed by atoms with E-state index in [1.807, 2.05) is 11.9 Å². The van der Waals surface area contributed by atoms with Gasteiger partial charge in [0.15, 0.2) is 5.82 Å². The average molecular weight is 499 g/mol. The van der Waals surface area contributed by atoms with E-state index >= 15 is 0 Å². The van der Waals surface area contributed by atoms with Crippen LogP contribution in [0.15, 0.2) is 16.9 Å². The molecule has 4 heterocycles. The van der Waals surface area contributed by atoms with Crippen molar-refractivity contribution in [1.29, 1.82) is 0 Å². The SMILES string of the molecule is CN1CCN(c2nc(Nc3ncc(C(F)(F)F)c(NCCCN4CCCCOC4=O)n3)co2)CC1. The number of carbonyl (C=O) groups is 1. The van der Waals surface area contributed by atoms with Gasteiger partial charge in [-0.1, -0.05) is 0 Å². The molecule has 14 heteroatoms. The fourth-order valence-corrected chi connectivity index (χ4v) is 3.79. The highest BCUT2D eigenvalue weighted by Gasteiger charge is 2.35. The molecule has 2 N–H and O–H groups in total.